The number of carbonyl (C=O) groups excluding carboxylic acids is 1. The lowest BCUT2D eigenvalue weighted by molar-refractivity contribution is 0.0946. The Labute approximate surface area is 146 Å². The lowest BCUT2D eigenvalue weighted by Gasteiger charge is -2.18. The van der Waals surface area contributed by atoms with E-state index in [0.29, 0.717) is 25.5 Å². The van der Waals surface area contributed by atoms with Gasteiger partial charge in [-0.05, 0) is 54.8 Å². The highest BCUT2D eigenvalue weighted by atomic mass is 16.6. The first-order valence-corrected chi connectivity index (χ1v) is 8.37. The number of nitrogens with one attached hydrogen (secondary N) is 2. The van der Waals surface area contributed by atoms with Crippen molar-refractivity contribution in [1.82, 2.24) is 10.3 Å². The standard InChI is InChI=1S/C20H20N2O3/c1-12-7-13(2)15-10-17(22-16(15)8-12)20(23)21-11-14-3-4-18-19(9-14)25-6-5-24-18/h3-4,7-10,22H,5-6,11H2,1-2H3,(H,21,23). The number of rotatable bonds is 3. The maximum absolute atomic E-state index is 12.5. The van der Waals surface area contributed by atoms with Gasteiger partial charge in [-0.2, -0.15) is 0 Å². The van der Waals surface area contributed by atoms with Gasteiger partial charge in [0.2, 0.25) is 0 Å². The highest BCUT2D eigenvalue weighted by Crippen LogP contribution is 2.30. The van der Waals surface area contributed by atoms with Crippen LogP contribution in [0.15, 0.2) is 36.4 Å². The predicted octanol–water partition coefficient (Wildman–Crippen LogP) is 3.49. The van der Waals surface area contributed by atoms with Gasteiger partial charge >= 0.3 is 0 Å². The molecule has 3 aromatic rings. The van der Waals surface area contributed by atoms with Crippen LogP contribution < -0.4 is 14.8 Å². The number of carbonyl (C=O) groups is 1. The van der Waals surface area contributed by atoms with Gasteiger partial charge in [-0.3, -0.25) is 4.79 Å². The van der Waals surface area contributed by atoms with Crippen molar-refractivity contribution < 1.29 is 14.3 Å². The Bertz CT molecular complexity index is 959. The summed E-state index contributed by atoms with van der Waals surface area (Å²) in [6.45, 7) is 5.66. The molecule has 0 fully saturated rings. The van der Waals surface area contributed by atoms with Gasteiger partial charge in [0.05, 0.1) is 0 Å². The molecular formula is C20H20N2O3. The molecule has 5 nitrogen and oxygen atoms in total. The summed E-state index contributed by atoms with van der Waals surface area (Å²) in [4.78, 5) is 15.7. The van der Waals surface area contributed by atoms with Crippen LogP contribution in [0.4, 0.5) is 0 Å². The molecule has 1 aliphatic heterocycles. The van der Waals surface area contributed by atoms with E-state index in [4.69, 9.17) is 9.47 Å². The lowest BCUT2D eigenvalue weighted by atomic mass is 10.1. The van der Waals surface area contributed by atoms with Crippen LogP contribution >= 0.6 is 0 Å². The number of hydrogen-bond donors (Lipinski definition) is 2. The number of aromatic amines is 1. The molecular weight excluding hydrogens is 316 g/mol. The minimum Gasteiger partial charge on any atom is -0.486 e. The minimum absolute atomic E-state index is 0.122. The molecule has 128 valence electrons. The highest BCUT2D eigenvalue weighted by molar-refractivity contribution is 5.98. The average molecular weight is 336 g/mol. The normalized spacial score (nSPS) is 13.0. The van der Waals surface area contributed by atoms with Crippen molar-refractivity contribution in [3.63, 3.8) is 0 Å². The van der Waals surface area contributed by atoms with Crippen molar-refractivity contribution in [3.05, 3.63) is 58.8 Å². The van der Waals surface area contributed by atoms with Crippen molar-refractivity contribution in [1.29, 1.82) is 0 Å². The maximum atomic E-state index is 12.5. The molecule has 5 heteroatoms. The van der Waals surface area contributed by atoms with Gasteiger partial charge in [0.15, 0.2) is 11.5 Å². The molecule has 0 bridgehead atoms. The summed E-state index contributed by atoms with van der Waals surface area (Å²) >= 11 is 0. The molecule has 0 saturated heterocycles. The first-order chi connectivity index (χ1) is 12.1. The van der Waals surface area contributed by atoms with Gasteiger partial charge in [-0.1, -0.05) is 12.1 Å². The molecule has 1 amide bonds. The van der Waals surface area contributed by atoms with Crippen molar-refractivity contribution in [3.8, 4) is 11.5 Å². The van der Waals surface area contributed by atoms with Crippen LogP contribution in [0.25, 0.3) is 10.9 Å². The molecule has 0 aliphatic carbocycles. The average Bonchev–Trinajstić information content (AvgIpc) is 3.04. The summed E-state index contributed by atoms with van der Waals surface area (Å²) in [5, 5.41) is 4.03. The Kier molecular flexibility index (Phi) is 3.84. The fraction of sp³-hybridized carbons (Fsp3) is 0.250. The third-order valence-electron chi connectivity index (χ3n) is 4.39. The second kappa shape index (κ2) is 6.16. The van der Waals surface area contributed by atoms with Gasteiger partial charge < -0.3 is 19.8 Å². The van der Waals surface area contributed by atoms with Crippen LogP contribution in [0.2, 0.25) is 0 Å². The Morgan fingerprint density at radius 3 is 2.72 bits per heavy atom. The second-order valence-corrected chi connectivity index (χ2v) is 6.39. The second-order valence-electron chi connectivity index (χ2n) is 6.39. The quantitative estimate of drug-likeness (QED) is 0.769. The van der Waals surface area contributed by atoms with Crippen molar-refractivity contribution in [2.45, 2.75) is 20.4 Å². The van der Waals surface area contributed by atoms with Crippen LogP contribution in [0.3, 0.4) is 0 Å². The van der Waals surface area contributed by atoms with Gasteiger partial charge in [0.1, 0.15) is 18.9 Å². The SMILES string of the molecule is Cc1cc(C)c2cc(C(=O)NCc3ccc4c(c3)OCCO4)[nH]c2c1. The van der Waals surface area contributed by atoms with E-state index in [-0.39, 0.29) is 5.91 Å². The van der Waals surface area contributed by atoms with Crippen LogP contribution in [0.5, 0.6) is 11.5 Å². The van der Waals surface area contributed by atoms with Crippen molar-refractivity contribution in [2.24, 2.45) is 0 Å². The fourth-order valence-electron chi connectivity index (χ4n) is 3.20. The Hall–Kier alpha value is -2.95. The first kappa shape index (κ1) is 15.6. The molecule has 0 radical (unpaired) electrons. The number of fused-ring (bicyclic) bond motifs is 2. The fourth-order valence-corrected chi connectivity index (χ4v) is 3.20. The molecule has 25 heavy (non-hydrogen) atoms. The summed E-state index contributed by atoms with van der Waals surface area (Å²) < 4.78 is 11.1. The number of aryl methyl sites for hydroxylation is 2. The molecule has 0 atom stereocenters. The molecule has 1 aliphatic rings. The molecule has 0 unspecified atom stereocenters. The minimum atomic E-state index is -0.122. The third kappa shape index (κ3) is 3.05. The summed E-state index contributed by atoms with van der Waals surface area (Å²) in [6.07, 6.45) is 0. The van der Waals surface area contributed by atoms with Gasteiger partial charge in [-0.15, -0.1) is 0 Å². The van der Waals surface area contributed by atoms with E-state index in [1.807, 2.05) is 24.3 Å². The number of hydrogen-bond acceptors (Lipinski definition) is 3. The van der Waals surface area contributed by atoms with Crippen LogP contribution in [0, 0.1) is 13.8 Å². The number of amides is 1. The predicted molar refractivity (Wildman–Crippen MR) is 96.4 cm³/mol. The van der Waals surface area contributed by atoms with Crippen LogP contribution in [0.1, 0.15) is 27.2 Å². The molecule has 2 heterocycles. The zero-order valence-corrected chi connectivity index (χ0v) is 14.3. The third-order valence-corrected chi connectivity index (χ3v) is 4.39. The van der Waals surface area contributed by atoms with Crippen LogP contribution in [-0.2, 0) is 6.54 Å². The molecule has 1 aromatic heterocycles. The molecule has 0 spiro atoms. The van der Waals surface area contributed by atoms with Crippen molar-refractivity contribution in [2.75, 3.05) is 13.2 Å². The van der Waals surface area contributed by atoms with Gasteiger partial charge in [0.25, 0.3) is 5.91 Å². The van der Waals surface area contributed by atoms with E-state index in [1.165, 1.54) is 5.56 Å². The summed E-state index contributed by atoms with van der Waals surface area (Å²) in [7, 11) is 0. The molecule has 4 rings (SSSR count). The van der Waals surface area contributed by atoms with E-state index < -0.39 is 0 Å². The molecule has 2 N–H and O–H groups in total. The highest BCUT2D eigenvalue weighted by Gasteiger charge is 2.14. The Morgan fingerprint density at radius 1 is 1.08 bits per heavy atom. The zero-order valence-electron chi connectivity index (χ0n) is 14.3. The lowest BCUT2D eigenvalue weighted by Crippen LogP contribution is -2.23. The summed E-state index contributed by atoms with van der Waals surface area (Å²) in [5.41, 5.74) is 4.87. The molecule has 2 aromatic carbocycles. The molecule has 0 saturated carbocycles. The van der Waals surface area contributed by atoms with E-state index >= 15 is 0 Å². The van der Waals surface area contributed by atoms with E-state index in [1.54, 1.807) is 0 Å². The Morgan fingerprint density at radius 2 is 1.88 bits per heavy atom. The topological polar surface area (TPSA) is 63.4 Å². The van der Waals surface area contributed by atoms with E-state index in [9.17, 15) is 4.79 Å². The zero-order chi connectivity index (χ0) is 17.4. The number of ether oxygens (including phenoxy) is 2. The van der Waals surface area contributed by atoms with E-state index in [0.717, 1.165) is 33.5 Å². The summed E-state index contributed by atoms with van der Waals surface area (Å²) in [5.74, 6) is 1.36. The first-order valence-electron chi connectivity index (χ1n) is 8.37. The number of H-pyrrole nitrogens is 1. The monoisotopic (exact) mass is 336 g/mol. The van der Waals surface area contributed by atoms with Crippen LogP contribution in [-0.4, -0.2) is 24.1 Å². The maximum Gasteiger partial charge on any atom is 0.267 e. The smallest absolute Gasteiger partial charge is 0.267 e. The number of aromatic nitrogens is 1. The van der Waals surface area contributed by atoms with Gasteiger partial charge in [-0.25, -0.2) is 0 Å². The number of benzene rings is 2. The Balaban J connectivity index is 1.50. The summed E-state index contributed by atoms with van der Waals surface area (Å²) in [6, 6.07) is 11.8. The van der Waals surface area contributed by atoms with Gasteiger partial charge in [0, 0.05) is 17.4 Å². The van der Waals surface area contributed by atoms with Crippen molar-refractivity contribution >= 4 is 16.8 Å². The largest absolute Gasteiger partial charge is 0.486 e. The van der Waals surface area contributed by atoms with E-state index in [2.05, 4.69) is 36.3 Å².